The Morgan fingerprint density at radius 3 is 2.62 bits per heavy atom. The van der Waals surface area contributed by atoms with Gasteiger partial charge in [-0.25, -0.2) is 14.5 Å². The fraction of sp³-hybridized carbons (Fsp3) is 0.818. The van der Waals surface area contributed by atoms with Crippen molar-refractivity contribution in [1.82, 2.24) is 30.3 Å². The van der Waals surface area contributed by atoms with Crippen LogP contribution in [0.15, 0.2) is 4.99 Å². The monoisotopic (exact) mass is 563 g/mol. The quantitative estimate of drug-likeness (QED) is 0.300. The van der Waals surface area contributed by atoms with Crippen LogP contribution < -0.4 is 10.6 Å². The lowest BCUT2D eigenvalue weighted by Crippen LogP contribution is -2.47. The number of fused-ring (bicyclic) bond motifs is 1. The molecule has 184 valence electrons. The maximum absolute atomic E-state index is 12.2. The normalized spacial score (nSPS) is 17.3. The van der Waals surface area contributed by atoms with Gasteiger partial charge in [0.2, 0.25) is 0 Å². The van der Waals surface area contributed by atoms with Crippen molar-refractivity contribution in [3.05, 3.63) is 11.6 Å². The van der Waals surface area contributed by atoms with Gasteiger partial charge in [0.15, 0.2) is 11.8 Å². The summed E-state index contributed by atoms with van der Waals surface area (Å²) < 4.78 is 7.45. The molecule has 1 amide bonds. The molecule has 32 heavy (non-hydrogen) atoms. The molecule has 0 aliphatic carbocycles. The lowest BCUT2D eigenvalue weighted by Gasteiger charge is -2.27. The zero-order valence-corrected chi connectivity index (χ0v) is 23.3. The highest BCUT2D eigenvalue weighted by Crippen LogP contribution is 2.17. The number of guanidine groups is 1. The van der Waals surface area contributed by atoms with E-state index in [4.69, 9.17) is 9.73 Å². The van der Waals surface area contributed by atoms with Crippen LogP contribution in [0.25, 0.3) is 0 Å². The number of rotatable bonds is 7. The number of carbonyl (C=O) groups excluding carboxylic acids is 1. The third kappa shape index (κ3) is 9.11. The maximum atomic E-state index is 12.2. The molecule has 0 saturated carbocycles. The van der Waals surface area contributed by atoms with Crippen molar-refractivity contribution in [2.24, 2.45) is 10.9 Å². The molecule has 0 radical (unpaired) electrons. The Morgan fingerprint density at radius 2 is 2.03 bits per heavy atom. The van der Waals surface area contributed by atoms with E-state index < -0.39 is 5.60 Å². The van der Waals surface area contributed by atoms with Gasteiger partial charge in [0.05, 0.1) is 6.54 Å². The van der Waals surface area contributed by atoms with Crippen molar-refractivity contribution in [1.29, 1.82) is 0 Å². The molecule has 0 fully saturated rings. The number of hydrogen-bond donors (Lipinski definition) is 2. The van der Waals surface area contributed by atoms with Crippen LogP contribution in [0.1, 0.15) is 72.5 Å². The van der Waals surface area contributed by atoms with Crippen molar-refractivity contribution in [2.45, 2.75) is 85.4 Å². The Bertz CT molecular complexity index is 758. The summed E-state index contributed by atoms with van der Waals surface area (Å²) in [4.78, 5) is 23.2. The van der Waals surface area contributed by atoms with Gasteiger partial charge in [0, 0.05) is 45.1 Å². The van der Waals surface area contributed by atoms with Crippen LogP contribution in [0.4, 0.5) is 4.79 Å². The fourth-order valence-electron chi connectivity index (χ4n) is 3.39. The average molecular weight is 564 g/mol. The molecule has 1 aromatic heterocycles. The first-order chi connectivity index (χ1) is 14.5. The third-order valence-electron chi connectivity index (χ3n) is 4.93. The second-order valence-electron chi connectivity index (χ2n) is 9.79. The lowest BCUT2D eigenvalue weighted by molar-refractivity contribution is 0.0279. The molecule has 2 N–H and O–H groups in total. The maximum Gasteiger partial charge on any atom is 0.410 e. The van der Waals surface area contributed by atoms with E-state index in [1.54, 1.807) is 11.9 Å². The highest BCUT2D eigenvalue weighted by atomic mass is 127. The molecule has 2 unspecified atom stereocenters. The molecule has 0 bridgehead atoms. The van der Waals surface area contributed by atoms with E-state index in [0.29, 0.717) is 19.0 Å². The molecule has 1 aromatic rings. The number of aliphatic imine (C=N–C) groups is 1. The topological polar surface area (TPSA) is 96.7 Å². The minimum Gasteiger partial charge on any atom is -0.444 e. The highest BCUT2D eigenvalue weighted by molar-refractivity contribution is 14.0. The van der Waals surface area contributed by atoms with Gasteiger partial charge in [-0.15, -0.1) is 24.0 Å². The number of amides is 1. The number of ether oxygens (including phenoxy) is 1. The fourth-order valence-corrected chi connectivity index (χ4v) is 3.39. The molecule has 9 nitrogen and oxygen atoms in total. The van der Waals surface area contributed by atoms with Crippen LogP contribution >= 0.6 is 24.0 Å². The third-order valence-corrected chi connectivity index (χ3v) is 4.93. The van der Waals surface area contributed by atoms with Crippen molar-refractivity contribution in [3.8, 4) is 0 Å². The highest BCUT2D eigenvalue weighted by Gasteiger charge is 2.24. The van der Waals surface area contributed by atoms with Crippen LogP contribution in [-0.4, -0.2) is 70.0 Å². The number of hydrogen-bond acceptors (Lipinski definition) is 5. The van der Waals surface area contributed by atoms with Crippen molar-refractivity contribution < 1.29 is 9.53 Å². The van der Waals surface area contributed by atoms with Gasteiger partial charge >= 0.3 is 6.09 Å². The SMILES string of the molecule is CCNC(=NCC(C)CN(C)C(=O)OC(C)(C)C)NC1CCc2nc(C(C)C)nn2C1.I. The smallest absolute Gasteiger partial charge is 0.410 e. The molecule has 1 aliphatic heterocycles. The minimum atomic E-state index is -0.491. The van der Waals surface area contributed by atoms with Crippen LogP contribution in [-0.2, 0) is 17.7 Å². The van der Waals surface area contributed by atoms with Gasteiger partial charge < -0.3 is 20.3 Å². The van der Waals surface area contributed by atoms with Gasteiger partial charge in [-0.05, 0) is 40.0 Å². The van der Waals surface area contributed by atoms with Crippen molar-refractivity contribution in [3.63, 3.8) is 0 Å². The molecule has 2 rings (SSSR count). The summed E-state index contributed by atoms with van der Waals surface area (Å²) in [7, 11) is 1.76. The molecule has 2 heterocycles. The van der Waals surface area contributed by atoms with E-state index in [-0.39, 0.29) is 42.0 Å². The average Bonchev–Trinajstić information content (AvgIpc) is 3.08. The predicted octanol–water partition coefficient (Wildman–Crippen LogP) is 3.39. The Labute approximate surface area is 210 Å². The zero-order chi connectivity index (χ0) is 23.2. The first-order valence-corrected chi connectivity index (χ1v) is 11.4. The lowest BCUT2D eigenvalue weighted by atomic mass is 10.1. The van der Waals surface area contributed by atoms with E-state index in [2.05, 4.69) is 48.4 Å². The summed E-state index contributed by atoms with van der Waals surface area (Å²) in [6.45, 7) is 16.8. The van der Waals surface area contributed by atoms with Crippen molar-refractivity contribution in [2.75, 3.05) is 26.7 Å². The molecule has 2 atom stereocenters. The first kappa shape index (κ1) is 28.4. The second-order valence-corrected chi connectivity index (χ2v) is 9.79. The van der Waals surface area contributed by atoms with Gasteiger partial charge in [-0.1, -0.05) is 20.8 Å². The predicted molar refractivity (Wildman–Crippen MR) is 139 cm³/mol. The molecule has 0 spiro atoms. The van der Waals surface area contributed by atoms with Crippen molar-refractivity contribution >= 4 is 36.0 Å². The number of aryl methyl sites for hydroxylation is 1. The Balaban J connectivity index is 0.00000512. The number of nitrogens with one attached hydrogen (secondary N) is 2. The Morgan fingerprint density at radius 1 is 1.34 bits per heavy atom. The molecule has 0 saturated heterocycles. The standard InChI is InChI=1S/C22H41N7O2.HI/c1-9-23-20(24-12-16(4)13-28(8)21(30)31-22(5,6)7)25-17-10-11-18-26-19(15(2)3)27-29(18)14-17;/h15-17H,9-14H2,1-8H3,(H2,23,24,25);1H. The number of carbonyl (C=O) groups is 1. The first-order valence-electron chi connectivity index (χ1n) is 11.4. The van der Waals surface area contributed by atoms with Crippen LogP contribution in [0.3, 0.4) is 0 Å². The minimum absolute atomic E-state index is 0. The second kappa shape index (κ2) is 12.6. The largest absolute Gasteiger partial charge is 0.444 e. The zero-order valence-electron chi connectivity index (χ0n) is 20.9. The van der Waals surface area contributed by atoms with Crippen LogP contribution in [0.5, 0.6) is 0 Å². The summed E-state index contributed by atoms with van der Waals surface area (Å²) in [5.41, 5.74) is -0.491. The number of aromatic nitrogens is 3. The summed E-state index contributed by atoms with van der Waals surface area (Å²) in [6, 6.07) is 0.256. The van der Waals surface area contributed by atoms with E-state index in [1.807, 2.05) is 25.5 Å². The van der Waals surface area contributed by atoms with Gasteiger partial charge in [-0.2, -0.15) is 5.10 Å². The molecule has 10 heteroatoms. The molecular formula is C22H42IN7O2. The summed E-state index contributed by atoms with van der Waals surface area (Å²) >= 11 is 0. The molecule has 1 aliphatic rings. The van der Waals surface area contributed by atoms with Crippen LogP contribution in [0.2, 0.25) is 0 Å². The van der Waals surface area contributed by atoms with Crippen LogP contribution in [0, 0.1) is 5.92 Å². The number of nitrogens with zero attached hydrogens (tertiary/aromatic N) is 5. The van der Waals surface area contributed by atoms with E-state index >= 15 is 0 Å². The summed E-state index contributed by atoms with van der Waals surface area (Å²) in [6.07, 6.45) is 1.60. The Hall–Kier alpha value is -1.59. The van der Waals surface area contributed by atoms with Gasteiger partial charge in [0.25, 0.3) is 0 Å². The summed E-state index contributed by atoms with van der Waals surface area (Å²) in [5, 5.41) is 11.5. The number of halogens is 1. The van der Waals surface area contributed by atoms with E-state index in [0.717, 1.165) is 43.5 Å². The van der Waals surface area contributed by atoms with E-state index in [1.165, 1.54) is 0 Å². The summed E-state index contributed by atoms with van der Waals surface area (Å²) in [5.74, 6) is 3.33. The Kier molecular flexibility index (Phi) is 11.2. The van der Waals surface area contributed by atoms with Gasteiger partial charge in [-0.3, -0.25) is 4.99 Å². The van der Waals surface area contributed by atoms with E-state index in [9.17, 15) is 4.79 Å². The van der Waals surface area contributed by atoms with Gasteiger partial charge in [0.1, 0.15) is 11.4 Å². The molecular weight excluding hydrogens is 521 g/mol. The molecule has 0 aromatic carbocycles.